The maximum atomic E-state index is 12.4. The highest BCUT2D eigenvalue weighted by atomic mass is 16.5. The van der Waals surface area contributed by atoms with Crippen LogP contribution in [-0.4, -0.2) is 29.7 Å². The number of nitrogens with one attached hydrogen (secondary N) is 1. The summed E-state index contributed by atoms with van der Waals surface area (Å²) in [4.78, 5) is 24.1. The van der Waals surface area contributed by atoms with Crippen molar-refractivity contribution >= 4 is 11.9 Å². The molecule has 28 heavy (non-hydrogen) atoms. The van der Waals surface area contributed by atoms with Crippen molar-refractivity contribution in [2.24, 2.45) is 0 Å². The van der Waals surface area contributed by atoms with Crippen LogP contribution >= 0.6 is 0 Å². The van der Waals surface area contributed by atoms with E-state index < -0.39 is 0 Å². The van der Waals surface area contributed by atoms with Crippen molar-refractivity contribution in [1.29, 1.82) is 0 Å². The van der Waals surface area contributed by atoms with Gasteiger partial charge in [0.25, 0.3) is 5.91 Å². The molecule has 152 valence electrons. The molecule has 0 saturated carbocycles. The molecule has 1 atom stereocenters. The number of carbonyl (C=O) groups excluding carboxylic acids is 2. The Balaban J connectivity index is 1.95. The molecule has 0 radical (unpaired) electrons. The number of carbonyl (C=O) groups is 2. The van der Waals surface area contributed by atoms with Crippen LogP contribution in [0.4, 0.5) is 0 Å². The number of para-hydroxylation sites is 1. The number of aromatic nitrogens is 1. The summed E-state index contributed by atoms with van der Waals surface area (Å²) in [6, 6.07) is 7.16. The molecule has 0 spiro atoms. The van der Waals surface area contributed by atoms with Gasteiger partial charge in [-0.1, -0.05) is 36.7 Å². The zero-order chi connectivity index (χ0) is 20.5. The van der Waals surface area contributed by atoms with Crippen LogP contribution in [-0.2, 0) is 16.1 Å². The van der Waals surface area contributed by atoms with Crippen LogP contribution in [0.3, 0.4) is 0 Å². The first kappa shape index (κ1) is 21.5. The van der Waals surface area contributed by atoms with Gasteiger partial charge in [-0.25, -0.2) is 0 Å². The molecule has 2 rings (SSSR count). The molecule has 0 aliphatic rings. The molecule has 1 amide bonds. The van der Waals surface area contributed by atoms with Crippen LogP contribution in [0.25, 0.3) is 0 Å². The van der Waals surface area contributed by atoms with E-state index in [0.29, 0.717) is 18.8 Å². The molecule has 0 saturated heterocycles. The highest BCUT2D eigenvalue weighted by molar-refractivity contribution is 5.92. The summed E-state index contributed by atoms with van der Waals surface area (Å²) in [7, 11) is 0. The second kappa shape index (κ2) is 10.5. The molecule has 1 aromatic carbocycles. The molecule has 0 aliphatic heterocycles. The van der Waals surface area contributed by atoms with E-state index in [1.54, 1.807) is 13.0 Å². The molecular formula is C21H28N2O5. The van der Waals surface area contributed by atoms with Gasteiger partial charge in [-0.05, 0) is 38.3 Å². The van der Waals surface area contributed by atoms with Gasteiger partial charge >= 0.3 is 5.97 Å². The molecule has 2 aromatic rings. The van der Waals surface area contributed by atoms with Crippen LogP contribution < -0.4 is 10.1 Å². The van der Waals surface area contributed by atoms with E-state index in [1.165, 1.54) is 0 Å². The molecule has 7 nitrogen and oxygen atoms in total. The highest BCUT2D eigenvalue weighted by Gasteiger charge is 2.20. The zero-order valence-corrected chi connectivity index (χ0v) is 16.9. The van der Waals surface area contributed by atoms with Crippen LogP contribution in [0.15, 0.2) is 28.8 Å². The van der Waals surface area contributed by atoms with Crippen molar-refractivity contribution in [3.63, 3.8) is 0 Å². The molecule has 1 N–H and O–H groups in total. The van der Waals surface area contributed by atoms with E-state index >= 15 is 0 Å². The third-order valence-electron chi connectivity index (χ3n) is 4.25. The lowest BCUT2D eigenvalue weighted by atomic mass is 10.1. The highest BCUT2D eigenvalue weighted by Crippen LogP contribution is 2.23. The first-order chi connectivity index (χ1) is 13.4. The first-order valence-corrected chi connectivity index (χ1v) is 9.55. The van der Waals surface area contributed by atoms with Crippen molar-refractivity contribution in [2.45, 2.75) is 59.6 Å². The molecular weight excluding hydrogens is 360 g/mol. The first-order valence-electron chi connectivity index (χ1n) is 9.55. The minimum absolute atomic E-state index is 0.133. The Bertz CT molecular complexity index is 780. The molecule has 7 heteroatoms. The molecule has 1 unspecified atom stereocenters. The van der Waals surface area contributed by atoms with Gasteiger partial charge in [-0.2, -0.15) is 0 Å². The Morgan fingerprint density at radius 3 is 2.57 bits per heavy atom. The van der Waals surface area contributed by atoms with Crippen molar-refractivity contribution < 1.29 is 23.6 Å². The summed E-state index contributed by atoms with van der Waals surface area (Å²) in [5.74, 6) is 0.529. The third-order valence-corrected chi connectivity index (χ3v) is 4.25. The summed E-state index contributed by atoms with van der Waals surface area (Å²) < 4.78 is 16.0. The Morgan fingerprint density at radius 1 is 1.21 bits per heavy atom. The molecule has 0 bridgehead atoms. The zero-order valence-electron chi connectivity index (χ0n) is 16.9. The number of rotatable bonds is 10. The number of esters is 1. The number of benzene rings is 1. The lowest BCUT2D eigenvalue weighted by Crippen LogP contribution is -2.37. The van der Waals surface area contributed by atoms with Crippen molar-refractivity contribution in [1.82, 2.24) is 10.5 Å². The average molecular weight is 388 g/mol. The topological polar surface area (TPSA) is 90.7 Å². The van der Waals surface area contributed by atoms with Crippen LogP contribution in [0.2, 0.25) is 0 Å². The number of ether oxygens (including phenoxy) is 2. The average Bonchev–Trinajstić information content (AvgIpc) is 3.11. The number of amides is 1. The summed E-state index contributed by atoms with van der Waals surface area (Å²) in [6.07, 6.45) is 1.64. The van der Waals surface area contributed by atoms with Gasteiger partial charge in [0.1, 0.15) is 12.4 Å². The molecule has 1 heterocycles. The fourth-order valence-electron chi connectivity index (χ4n) is 2.91. The predicted octanol–water partition coefficient (Wildman–Crippen LogP) is 3.72. The largest absolute Gasteiger partial charge is 0.485 e. The van der Waals surface area contributed by atoms with E-state index in [-0.39, 0.29) is 36.6 Å². The summed E-state index contributed by atoms with van der Waals surface area (Å²) in [6.45, 7) is 8.18. The molecule has 1 aromatic heterocycles. The van der Waals surface area contributed by atoms with Gasteiger partial charge in [0, 0.05) is 12.1 Å². The van der Waals surface area contributed by atoms with Crippen LogP contribution in [0, 0.1) is 13.8 Å². The van der Waals surface area contributed by atoms with E-state index in [0.717, 1.165) is 23.3 Å². The molecule has 0 aliphatic carbocycles. The van der Waals surface area contributed by atoms with E-state index in [9.17, 15) is 9.59 Å². The monoisotopic (exact) mass is 388 g/mol. The molecule has 0 fully saturated rings. The van der Waals surface area contributed by atoms with Crippen molar-refractivity contribution in [2.75, 3.05) is 6.61 Å². The third kappa shape index (κ3) is 6.11. The summed E-state index contributed by atoms with van der Waals surface area (Å²) in [5, 5.41) is 6.64. The summed E-state index contributed by atoms with van der Waals surface area (Å²) in [5.41, 5.74) is 2.21. The van der Waals surface area contributed by atoms with Crippen molar-refractivity contribution in [3.8, 4) is 5.75 Å². The van der Waals surface area contributed by atoms with Crippen LogP contribution in [0.5, 0.6) is 5.75 Å². The lowest BCUT2D eigenvalue weighted by Gasteiger charge is -2.16. The number of aryl methyl sites for hydroxylation is 2. The fourth-order valence-corrected chi connectivity index (χ4v) is 2.91. The Kier molecular flexibility index (Phi) is 8.04. The Labute approximate surface area is 165 Å². The van der Waals surface area contributed by atoms with Gasteiger partial charge in [-0.15, -0.1) is 0 Å². The SMILES string of the molecule is CCCC(CC(=O)OCC)NC(=O)c1cc(COc2c(C)cccc2C)on1. The van der Waals surface area contributed by atoms with Gasteiger partial charge in [0.15, 0.2) is 11.5 Å². The minimum Gasteiger partial charge on any atom is -0.485 e. The standard InChI is InChI=1S/C21H28N2O5/c1-5-8-16(11-19(24)26-6-2)22-21(25)18-12-17(28-23-18)13-27-20-14(3)9-7-10-15(20)4/h7,9-10,12,16H,5-6,8,11,13H2,1-4H3,(H,22,25). The van der Waals surface area contributed by atoms with Crippen molar-refractivity contribution in [3.05, 3.63) is 46.8 Å². The van der Waals surface area contributed by atoms with E-state index in [4.69, 9.17) is 14.0 Å². The smallest absolute Gasteiger partial charge is 0.307 e. The minimum atomic E-state index is -0.384. The number of nitrogens with zero attached hydrogens (tertiary/aromatic N) is 1. The van der Waals surface area contributed by atoms with Crippen LogP contribution in [0.1, 0.15) is 60.5 Å². The lowest BCUT2D eigenvalue weighted by molar-refractivity contribution is -0.143. The summed E-state index contributed by atoms with van der Waals surface area (Å²) >= 11 is 0. The quantitative estimate of drug-likeness (QED) is 0.624. The van der Waals surface area contributed by atoms with E-state index in [2.05, 4.69) is 10.5 Å². The predicted molar refractivity (Wildman–Crippen MR) is 104 cm³/mol. The Hall–Kier alpha value is -2.83. The van der Waals surface area contributed by atoms with Gasteiger partial charge in [0.2, 0.25) is 0 Å². The fraction of sp³-hybridized carbons (Fsp3) is 0.476. The second-order valence-electron chi connectivity index (χ2n) is 6.66. The number of hydrogen-bond donors (Lipinski definition) is 1. The number of hydrogen-bond acceptors (Lipinski definition) is 6. The van der Waals surface area contributed by atoms with Gasteiger partial charge < -0.3 is 19.3 Å². The Morgan fingerprint density at radius 2 is 1.93 bits per heavy atom. The van der Waals surface area contributed by atoms with Gasteiger partial charge in [-0.3, -0.25) is 9.59 Å². The maximum absolute atomic E-state index is 12.4. The second-order valence-corrected chi connectivity index (χ2v) is 6.66. The maximum Gasteiger partial charge on any atom is 0.307 e. The van der Waals surface area contributed by atoms with E-state index in [1.807, 2.05) is 39.0 Å². The van der Waals surface area contributed by atoms with Gasteiger partial charge in [0.05, 0.1) is 13.0 Å². The normalized spacial score (nSPS) is 11.7.